The molecule has 0 bridgehead atoms. The Kier molecular flexibility index (Phi) is 4.18. The molecule has 17 heavy (non-hydrogen) atoms. The van der Waals surface area contributed by atoms with Crippen molar-refractivity contribution in [2.75, 3.05) is 5.88 Å². The highest BCUT2D eigenvalue weighted by atomic mass is 35.5. The van der Waals surface area contributed by atoms with Gasteiger partial charge in [0.2, 0.25) is 0 Å². The topological polar surface area (TPSA) is 20.2 Å². The van der Waals surface area contributed by atoms with Gasteiger partial charge >= 0.3 is 0 Å². The number of hydrogen-bond acceptors (Lipinski definition) is 1. The van der Waals surface area contributed by atoms with Gasteiger partial charge in [0.05, 0.1) is 6.10 Å². The van der Waals surface area contributed by atoms with E-state index in [1.165, 1.54) is 5.56 Å². The molecule has 0 aromatic heterocycles. The van der Waals surface area contributed by atoms with Crippen LogP contribution in [-0.2, 0) is 6.42 Å². The Morgan fingerprint density at radius 2 is 1.59 bits per heavy atom. The summed E-state index contributed by atoms with van der Waals surface area (Å²) >= 11 is 5.65. The standard InChI is InChI=1S/C15H15ClO/c16-11-14(17)10-13-8-4-5-9-15(13)12-6-2-1-3-7-12/h1-9,14,17H,10-11H2. The van der Waals surface area contributed by atoms with E-state index in [9.17, 15) is 5.11 Å². The van der Waals surface area contributed by atoms with Crippen molar-refractivity contribution in [3.8, 4) is 11.1 Å². The molecule has 2 rings (SSSR count). The Bertz CT molecular complexity index is 467. The lowest BCUT2D eigenvalue weighted by atomic mass is 9.96. The van der Waals surface area contributed by atoms with E-state index in [-0.39, 0.29) is 5.88 Å². The van der Waals surface area contributed by atoms with Crippen LogP contribution in [0.1, 0.15) is 5.56 Å². The summed E-state index contributed by atoms with van der Waals surface area (Å²) < 4.78 is 0. The minimum Gasteiger partial charge on any atom is -0.392 e. The van der Waals surface area contributed by atoms with Gasteiger partial charge in [0.1, 0.15) is 0 Å². The van der Waals surface area contributed by atoms with Crippen LogP contribution in [0.25, 0.3) is 11.1 Å². The van der Waals surface area contributed by atoms with Crippen molar-refractivity contribution in [1.82, 2.24) is 0 Å². The van der Waals surface area contributed by atoms with Crippen LogP contribution in [0.5, 0.6) is 0 Å². The van der Waals surface area contributed by atoms with Gasteiger partial charge in [-0.1, -0.05) is 54.6 Å². The molecule has 0 saturated carbocycles. The third kappa shape index (κ3) is 3.09. The van der Waals surface area contributed by atoms with Gasteiger partial charge in [-0.05, 0) is 16.7 Å². The largest absolute Gasteiger partial charge is 0.392 e. The highest BCUT2D eigenvalue weighted by Gasteiger charge is 2.08. The van der Waals surface area contributed by atoms with Crippen molar-refractivity contribution >= 4 is 11.6 Å². The van der Waals surface area contributed by atoms with Crippen LogP contribution < -0.4 is 0 Å². The van der Waals surface area contributed by atoms with Gasteiger partial charge in [0.25, 0.3) is 0 Å². The molecule has 0 radical (unpaired) electrons. The molecule has 88 valence electrons. The average Bonchev–Trinajstić information content (AvgIpc) is 2.40. The van der Waals surface area contributed by atoms with Crippen molar-refractivity contribution in [1.29, 1.82) is 0 Å². The van der Waals surface area contributed by atoms with Crippen LogP contribution in [0.2, 0.25) is 0 Å². The van der Waals surface area contributed by atoms with Crippen molar-refractivity contribution in [2.24, 2.45) is 0 Å². The molecule has 0 aliphatic heterocycles. The van der Waals surface area contributed by atoms with E-state index in [4.69, 9.17) is 11.6 Å². The zero-order valence-corrected chi connectivity index (χ0v) is 10.3. The molecule has 1 nitrogen and oxygen atoms in total. The number of benzene rings is 2. The maximum absolute atomic E-state index is 9.65. The minimum atomic E-state index is -0.485. The number of rotatable bonds is 4. The van der Waals surface area contributed by atoms with Gasteiger partial charge in [0, 0.05) is 12.3 Å². The molecule has 2 aromatic carbocycles. The highest BCUT2D eigenvalue weighted by Crippen LogP contribution is 2.24. The van der Waals surface area contributed by atoms with Gasteiger partial charge < -0.3 is 5.11 Å². The Labute approximate surface area is 107 Å². The summed E-state index contributed by atoms with van der Waals surface area (Å²) in [6.45, 7) is 0. The molecule has 2 heteroatoms. The fourth-order valence-corrected chi connectivity index (χ4v) is 2.02. The molecular weight excluding hydrogens is 232 g/mol. The van der Waals surface area contributed by atoms with Gasteiger partial charge in [-0.25, -0.2) is 0 Å². The molecule has 1 atom stereocenters. The highest BCUT2D eigenvalue weighted by molar-refractivity contribution is 6.18. The Morgan fingerprint density at radius 1 is 0.941 bits per heavy atom. The van der Waals surface area contributed by atoms with Crippen LogP contribution in [0.4, 0.5) is 0 Å². The zero-order chi connectivity index (χ0) is 12.1. The van der Waals surface area contributed by atoms with E-state index in [0.29, 0.717) is 6.42 Å². The number of halogens is 1. The number of aliphatic hydroxyl groups excluding tert-OH is 1. The van der Waals surface area contributed by atoms with Gasteiger partial charge in [0.15, 0.2) is 0 Å². The monoisotopic (exact) mass is 246 g/mol. The molecule has 0 spiro atoms. The van der Waals surface area contributed by atoms with Crippen LogP contribution in [-0.4, -0.2) is 17.1 Å². The molecule has 1 unspecified atom stereocenters. The van der Waals surface area contributed by atoms with Gasteiger partial charge in [-0.15, -0.1) is 11.6 Å². The van der Waals surface area contributed by atoms with Gasteiger partial charge in [-0.3, -0.25) is 0 Å². The summed E-state index contributed by atoms with van der Waals surface area (Å²) in [4.78, 5) is 0. The van der Waals surface area contributed by atoms with Gasteiger partial charge in [-0.2, -0.15) is 0 Å². The normalized spacial score (nSPS) is 12.4. The Balaban J connectivity index is 2.34. The first-order valence-electron chi connectivity index (χ1n) is 5.68. The molecule has 1 N–H and O–H groups in total. The second-order valence-corrected chi connectivity index (χ2v) is 4.34. The molecule has 0 saturated heterocycles. The minimum absolute atomic E-state index is 0.267. The van der Waals surface area contributed by atoms with E-state index < -0.39 is 6.10 Å². The third-order valence-corrected chi connectivity index (χ3v) is 3.09. The quantitative estimate of drug-likeness (QED) is 0.819. The lowest BCUT2D eigenvalue weighted by Crippen LogP contribution is -2.12. The predicted octanol–water partition coefficient (Wildman–Crippen LogP) is 3.50. The molecule has 2 aromatic rings. The molecule has 0 amide bonds. The first-order chi connectivity index (χ1) is 8.31. The summed E-state index contributed by atoms with van der Waals surface area (Å²) in [6.07, 6.45) is 0.107. The Hall–Kier alpha value is -1.31. The van der Waals surface area contributed by atoms with E-state index in [2.05, 4.69) is 18.2 Å². The molecule has 0 fully saturated rings. The molecule has 0 heterocycles. The predicted molar refractivity (Wildman–Crippen MR) is 72.3 cm³/mol. The van der Waals surface area contributed by atoms with Crippen molar-refractivity contribution < 1.29 is 5.11 Å². The fourth-order valence-electron chi connectivity index (χ4n) is 1.91. The third-order valence-electron chi connectivity index (χ3n) is 2.74. The van der Waals surface area contributed by atoms with E-state index >= 15 is 0 Å². The summed E-state index contributed by atoms with van der Waals surface area (Å²) in [5, 5.41) is 9.65. The summed E-state index contributed by atoms with van der Waals surface area (Å²) in [7, 11) is 0. The van der Waals surface area contributed by atoms with Crippen LogP contribution >= 0.6 is 11.6 Å². The van der Waals surface area contributed by atoms with E-state index in [1.54, 1.807) is 0 Å². The molecule has 0 aliphatic carbocycles. The van der Waals surface area contributed by atoms with Crippen LogP contribution in [0, 0.1) is 0 Å². The van der Waals surface area contributed by atoms with Crippen LogP contribution in [0.3, 0.4) is 0 Å². The summed E-state index contributed by atoms with van der Waals surface area (Å²) in [5.74, 6) is 0.267. The smallest absolute Gasteiger partial charge is 0.0716 e. The first-order valence-corrected chi connectivity index (χ1v) is 6.22. The molecular formula is C15H15ClO. The zero-order valence-electron chi connectivity index (χ0n) is 9.51. The number of aliphatic hydroxyl groups is 1. The van der Waals surface area contributed by atoms with Crippen LogP contribution in [0.15, 0.2) is 54.6 Å². The average molecular weight is 247 g/mol. The SMILES string of the molecule is OC(CCl)Cc1ccccc1-c1ccccc1. The fraction of sp³-hybridized carbons (Fsp3) is 0.200. The summed E-state index contributed by atoms with van der Waals surface area (Å²) in [5.41, 5.74) is 3.47. The van der Waals surface area contributed by atoms with Crippen molar-refractivity contribution in [3.05, 3.63) is 60.2 Å². The first kappa shape index (κ1) is 12.2. The number of hydrogen-bond donors (Lipinski definition) is 1. The Morgan fingerprint density at radius 3 is 2.29 bits per heavy atom. The van der Waals surface area contributed by atoms with E-state index in [1.807, 2.05) is 36.4 Å². The van der Waals surface area contributed by atoms with Crippen molar-refractivity contribution in [3.63, 3.8) is 0 Å². The molecule has 0 aliphatic rings. The maximum Gasteiger partial charge on any atom is 0.0716 e. The van der Waals surface area contributed by atoms with Crippen molar-refractivity contribution in [2.45, 2.75) is 12.5 Å². The maximum atomic E-state index is 9.65. The lowest BCUT2D eigenvalue weighted by Gasteiger charge is -2.12. The number of alkyl halides is 1. The summed E-state index contributed by atoms with van der Waals surface area (Å²) in [6, 6.07) is 18.3. The second-order valence-electron chi connectivity index (χ2n) is 4.04. The second kappa shape index (κ2) is 5.85. The van der Waals surface area contributed by atoms with E-state index in [0.717, 1.165) is 11.1 Å². The lowest BCUT2D eigenvalue weighted by molar-refractivity contribution is 0.199.